The number of nitrogens with two attached hydrogens (primary N) is 6. The highest BCUT2D eigenvalue weighted by atomic mass is 16.4. The standard InChI is InChI=1S/C31H52N12O9/c32-12-2-1-5-19(33)25(47)40-20(6-3-13-38-30(34)35)26(48)41-21(7-4-14-39-31(36)37)27(49)42-22(15-17-8-10-18(44)11-9-17)28(50)43-23(29(51)52)16-24(45)46/h8-11,19-23,44H,1-7,12-16,32-33H2,(H,40,47)(H,41,48)(H,42,49)(H,43,50)(H,45,46)(H,51,52)(H4,34,35,38)(H4,36,37,39)/t19-,20-,21-,22-,23-/m0/s1. The van der Waals surface area contributed by atoms with Crippen molar-refractivity contribution in [3.05, 3.63) is 29.8 Å². The first kappa shape index (κ1) is 44.3. The van der Waals surface area contributed by atoms with Crippen LogP contribution in [0.2, 0.25) is 0 Å². The quantitative estimate of drug-likeness (QED) is 0.0258. The normalized spacial score (nSPS) is 13.6. The van der Waals surface area contributed by atoms with Gasteiger partial charge < -0.3 is 71.0 Å². The van der Waals surface area contributed by atoms with Gasteiger partial charge in [0.15, 0.2) is 11.9 Å². The SMILES string of the molecule is NCCCC[C@H](N)C(=O)N[C@@H](CCCN=C(N)N)C(=O)N[C@@H](CCCN=C(N)N)C(=O)N[C@@H](Cc1ccc(O)cc1)C(=O)N[C@@H](CC(=O)O)C(=O)O. The summed E-state index contributed by atoms with van der Waals surface area (Å²) in [7, 11) is 0. The van der Waals surface area contributed by atoms with Gasteiger partial charge in [-0.3, -0.25) is 34.0 Å². The molecule has 0 heterocycles. The number of hydrogen-bond donors (Lipinski definition) is 13. The van der Waals surface area contributed by atoms with E-state index in [0.717, 1.165) is 0 Å². The van der Waals surface area contributed by atoms with E-state index in [4.69, 9.17) is 39.5 Å². The van der Waals surface area contributed by atoms with E-state index in [1.165, 1.54) is 24.3 Å². The number of benzene rings is 1. The van der Waals surface area contributed by atoms with Gasteiger partial charge in [0, 0.05) is 19.5 Å². The molecule has 0 aliphatic heterocycles. The molecule has 0 bridgehead atoms. The zero-order chi connectivity index (χ0) is 39.2. The molecule has 5 atom stereocenters. The highest BCUT2D eigenvalue weighted by Crippen LogP contribution is 2.13. The van der Waals surface area contributed by atoms with Gasteiger partial charge in [0.2, 0.25) is 23.6 Å². The highest BCUT2D eigenvalue weighted by molar-refractivity contribution is 5.96. The Bertz CT molecular complexity index is 1400. The summed E-state index contributed by atoms with van der Waals surface area (Å²) in [4.78, 5) is 84.4. The third-order valence-electron chi connectivity index (χ3n) is 7.47. The lowest BCUT2D eigenvalue weighted by molar-refractivity contribution is -0.147. The van der Waals surface area contributed by atoms with Crippen LogP contribution < -0.4 is 55.7 Å². The smallest absolute Gasteiger partial charge is 0.326 e. The number of phenolic OH excluding ortho intramolecular Hbond substituents is 1. The minimum Gasteiger partial charge on any atom is -0.508 e. The summed E-state index contributed by atoms with van der Waals surface area (Å²) < 4.78 is 0. The van der Waals surface area contributed by atoms with E-state index in [0.29, 0.717) is 31.4 Å². The van der Waals surface area contributed by atoms with Crippen molar-refractivity contribution >= 4 is 47.5 Å². The zero-order valence-electron chi connectivity index (χ0n) is 28.8. The Labute approximate surface area is 300 Å². The fourth-order valence-corrected chi connectivity index (χ4v) is 4.73. The first-order chi connectivity index (χ1) is 24.5. The summed E-state index contributed by atoms with van der Waals surface area (Å²) in [5, 5.41) is 38.1. The molecule has 0 aromatic heterocycles. The number of nitrogens with one attached hydrogen (secondary N) is 4. The van der Waals surface area contributed by atoms with Crippen molar-refractivity contribution in [3.8, 4) is 5.75 Å². The number of hydrogen-bond acceptors (Lipinski definition) is 11. The van der Waals surface area contributed by atoms with Crippen LogP contribution in [-0.4, -0.2) is 113 Å². The molecule has 21 heteroatoms. The second kappa shape index (κ2) is 23.7. The van der Waals surface area contributed by atoms with Gasteiger partial charge in [-0.1, -0.05) is 18.6 Å². The van der Waals surface area contributed by atoms with Crippen LogP contribution in [0.1, 0.15) is 56.9 Å². The molecule has 0 unspecified atom stereocenters. The number of nitrogens with zero attached hydrogens (tertiary/aromatic N) is 2. The van der Waals surface area contributed by atoms with Gasteiger partial charge in [0.25, 0.3) is 0 Å². The predicted octanol–water partition coefficient (Wildman–Crippen LogP) is -4.00. The van der Waals surface area contributed by atoms with Crippen LogP contribution in [0.15, 0.2) is 34.3 Å². The Morgan fingerprint density at radius 3 is 1.56 bits per heavy atom. The van der Waals surface area contributed by atoms with E-state index in [2.05, 4.69) is 31.3 Å². The van der Waals surface area contributed by atoms with Crippen LogP contribution in [0.4, 0.5) is 0 Å². The van der Waals surface area contributed by atoms with E-state index in [1.54, 1.807) is 0 Å². The number of amides is 4. The topological polar surface area (TPSA) is 392 Å². The lowest BCUT2D eigenvalue weighted by atomic mass is 10.0. The molecule has 1 aromatic rings. The van der Waals surface area contributed by atoms with Crippen molar-refractivity contribution in [2.24, 2.45) is 44.4 Å². The molecule has 0 aliphatic rings. The first-order valence-corrected chi connectivity index (χ1v) is 16.5. The van der Waals surface area contributed by atoms with Crippen LogP contribution in [0.3, 0.4) is 0 Å². The maximum Gasteiger partial charge on any atom is 0.326 e. The number of guanidine groups is 2. The summed E-state index contributed by atoms with van der Waals surface area (Å²) in [5.41, 5.74) is 33.6. The molecule has 19 N–H and O–H groups in total. The molecule has 1 rings (SSSR count). The minimum absolute atomic E-state index is 0.0399. The molecule has 290 valence electrons. The zero-order valence-corrected chi connectivity index (χ0v) is 28.8. The average molecular weight is 737 g/mol. The lowest BCUT2D eigenvalue weighted by Gasteiger charge is -2.26. The van der Waals surface area contributed by atoms with E-state index in [-0.39, 0.29) is 62.9 Å². The molecule has 0 aliphatic carbocycles. The summed E-state index contributed by atoms with van der Waals surface area (Å²) >= 11 is 0. The molecule has 0 spiro atoms. The Balaban J connectivity index is 3.39. The van der Waals surface area contributed by atoms with Crippen molar-refractivity contribution in [2.45, 2.75) is 88.0 Å². The predicted molar refractivity (Wildman–Crippen MR) is 190 cm³/mol. The van der Waals surface area contributed by atoms with E-state index >= 15 is 0 Å². The molecule has 0 fully saturated rings. The second-order valence-electron chi connectivity index (χ2n) is 11.8. The van der Waals surface area contributed by atoms with Gasteiger partial charge in [-0.25, -0.2) is 4.79 Å². The van der Waals surface area contributed by atoms with Crippen molar-refractivity contribution in [1.82, 2.24) is 21.3 Å². The Hall–Kier alpha value is -5.70. The lowest BCUT2D eigenvalue weighted by Crippen LogP contribution is -2.59. The number of carboxylic acids is 2. The second-order valence-corrected chi connectivity index (χ2v) is 11.8. The molecule has 21 nitrogen and oxygen atoms in total. The Morgan fingerprint density at radius 1 is 0.635 bits per heavy atom. The summed E-state index contributed by atoms with van der Waals surface area (Å²) in [6.07, 6.45) is 0.740. The van der Waals surface area contributed by atoms with Crippen molar-refractivity contribution in [1.29, 1.82) is 0 Å². The van der Waals surface area contributed by atoms with Crippen molar-refractivity contribution in [2.75, 3.05) is 19.6 Å². The van der Waals surface area contributed by atoms with Gasteiger partial charge in [0.05, 0.1) is 12.5 Å². The highest BCUT2D eigenvalue weighted by Gasteiger charge is 2.32. The van der Waals surface area contributed by atoms with Crippen LogP contribution in [0, 0.1) is 0 Å². The number of carbonyl (C=O) groups is 6. The Kier molecular flexibility index (Phi) is 20.2. The summed E-state index contributed by atoms with van der Waals surface area (Å²) in [6, 6.07) is -1.23. The number of aliphatic carboxylic acids is 2. The molecule has 1 aromatic carbocycles. The molecule has 0 saturated heterocycles. The van der Waals surface area contributed by atoms with E-state index < -0.39 is 72.2 Å². The molecule has 4 amide bonds. The van der Waals surface area contributed by atoms with Gasteiger partial charge >= 0.3 is 11.9 Å². The van der Waals surface area contributed by atoms with E-state index in [1.807, 2.05) is 0 Å². The van der Waals surface area contributed by atoms with Crippen LogP contribution >= 0.6 is 0 Å². The van der Waals surface area contributed by atoms with Gasteiger partial charge in [-0.15, -0.1) is 0 Å². The monoisotopic (exact) mass is 736 g/mol. The van der Waals surface area contributed by atoms with Gasteiger partial charge in [-0.05, 0) is 62.8 Å². The van der Waals surface area contributed by atoms with Crippen molar-refractivity contribution < 1.29 is 44.1 Å². The molecule has 0 radical (unpaired) electrons. The summed E-state index contributed by atoms with van der Waals surface area (Å²) in [6.45, 7) is 0.599. The molecule has 0 saturated carbocycles. The number of aliphatic imine (C=N–C) groups is 2. The van der Waals surface area contributed by atoms with Gasteiger partial charge in [-0.2, -0.15) is 0 Å². The van der Waals surface area contributed by atoms with Crippen molar-refractivity contribution in [3.63, 3.8) is 0 Å². The number of carbonyl (C=O) groups excluding carboxylic acids is 4. The third-order valence-corrected chi connectivity index (χ3v) is 7.47. The van der Waals surface area contributed by atoms with Crippen LogP contribution in [0.5, 0.6) is 5.75 Å². The fraction of sp³-hybridized carbons (Fsp3) is 0.548. The molecular weight excluding hydrogens is 684 g/mol. The van der Waals surface area contributed by atoms with E-state index in [9.17, 15) is 39.0 Å². The number of phenols is 1. The van der Waals surface area contributed by atoms with Crippen LogP contribution in [-0.2, 0) is 35.2 Å². The average Bonchev–Trinajstić information content (AvgIpc) is 3.07. The first-order valence-electron chi connectivity index (χ1n) is 16.5. The number of carboxylic acid groups (broad SMARTS) is 2. The van der Waals surface area contributed by atoms with Gasteiger partial charge in [0.1, 0.15) is 29.9 Å². The number of unbranched alkanes of at least 4 members (excludes halogenated alkanes) is 1. The fourth-order valence-electron chi connectivity index (χ4n) is 4.73. The largest absolute Gasteiger partial charge is 0.508 e. The third kappa shape index (κ3) is 18.3. The Morgan fingerprint density at radius 2 is 1.10 bits per heavy atom. The maximum atomic E-state index is 13.8. The molecular formula is C31H52N12O9. The van der Waals surface area contributed by atoms with Crippen LogP contribution in [0.25, 0.3) is 0 Å². The summed E-state index contributed by atoms with van der Waals surface area (Å²) in [5.74, 6) is -6.89. The number of rotatable bonds is 25. The molecule has 52 heavy (non-hydrogen) atoms. The maximum absolute atomic E-state index is 13.8. The number of aromatic hydroxyl groups is 1. The minimum atomic E-state index is -1.83.